The van der Waals surface area contributed by atoms with E-state index in [-0.39, 0.29) is 6.79 Å². The Balaban J connectivity index is 2.69. The van der Waals surface area contributed by atoms with E-state index in [4.69, 9.17) is 15.9 Å². The summed E-state index contributed by atoms with van der Waals surface area (Å²) in [5.41, 5.74) is 0. The second-order valence-corrected chi connectivity index (χ2v) is 2.06. The second-order valence-electron chi connectivity index (χ2n) is 1.27. The zero-order valence-corrected chi connectivity index (χ0v) is 6.69. The average Bonchev–Trinajstić information content (AvgIpc) is 1.89. The molecule has 0 N–H and O–H groups in total. The highest BCUT2D eigenvalue weighted by Gasteiger charge is 1.82. The van der Waals surface area contributed by atoms with Gasteiger partial charge in [0.2, 0.25) is 0 Å². The third-order valence-electron chi connectivity index (χ3n) is 0.574. The van der Waals surface area contributed by atoms with E-state index in [0.29, 0.717) is 13.2 Å². The molecule has 0 aromatic heterocycles. The predicted molar refractivity (Wildman–Crippen MR) is 39.4 cm³/mol. The molecule has 0 aliphatic rings. The first-order chi connectivity index (χ1) is 4.41. The van der Waals surface area contributed by atoms with Crippen molar-refractivity contribution in [2.75, 3.05) is 25.3 Å². The van der Waals surface area contributed by atoms with E-state index in [0.717, 1.165) is 5.33 Å². The first kappa shape index (κ1) is 8.96. The van der Waals surface area contributed by atoms with E-state index >= 15 is 0 Å². The molecule has 0 fully saturated rings. The summed E-state index contributed by atoms with van der Waals surface area (Å²) in [7, 11) is 0. The van der Waals surface area contributed by atoms with Crippen molar-refractivity contribution in [1.82, 2.24) is 0 Å². The highest BCUT2D eigenvalue weighted by molar-refractivity contribution is 9.09. The van der Waals surface area contributed by atoms with Crippen LogP contribution in [-0.4, -0.2) is 25.3 Å². The largest absolute Gasteiger partial charge is 0.355 e. The smallest absolute Gasteiger partial charge is 0.148 e. The molecule has 0 saturated carbocycles. The number of rotatable bonds is 5. The van der Waals surface area contributed by atoms with Crippen molar-refractivity contribution in [1.29, 1.82) is 0 Å². The van der Waals surface area contributed by atoms with Crippen molar-refractivity contribution < 1.29 is 9.47 Å². The predicted octanol–water partition coefficient (Wildman–Crippen LogP) is 1.01. The Morgan fingerprint density at radius 1 is 1.44 bits per heavy atom. The van der Waals surface area contributed by atoms with Crippen LogP contribution < -0.4 is 0 Å². The normalized spacial score (nSPS) is 8.89. The number of halogens is 1. The molecule has 0 spiro atoms. The van der Waals surface area contributed by atoms with Gasteiger partial charge in [0, 0.05) is 5.33 Å². The molecule has 0 bridgehead atoms. The molecule has 0 rings (SSSR count). The minimum Gasteiger partial charge on any atom is -0.355 e. The molecule has 0 aliphatic heterocycles. The Hall–Kier alpha value is -0.0400. The number of hydrogen-bond donors (Lipinski definition) is 0. The molecule has 0 radical (unpaired) electrons. The lowest BCUT2D eigenvalue weighted by Gasteiger charge is -1.98. The lowest BCUT2D eigenvalue weighted by Crippen LogP contribution is -2.01. The maximum atomic E-state index is 4.92. The molecule has 0 unspecified atom stereocenters. The van der Waals surface area contributed by atoms with Crippen molar-refractivity contribution in [3.05, 3.63) is 0 Å². The van der Waals surface area contributed by atoms with Gasteiger partial charge in [-0.15, -0.1) is 6.42 Å². The monoisotopic (exact) mass is 192 g/mol. The molecule has 9 heavy (non-hydrogen) atoms. The molecule has 0 aromatic rings. The number of ether oxygens (including phenoxy) is 2. The highest BCUT2D eigenvalue weighted by Crippen LogP contribution is 1.81. The van der Waals surface area contributed by atoms with Crippen LogP contribution in [0.3, 0.4) is 0 Å². The number of terminal acetylenes is 1. The summed E-state index contributed by atoms with van der Waals surface area (Å²) < 4.78 is 9.73. The Morgan fingerprint density at radius 2 is 2.22 bits per heavy atom. The molecule has 0 aliphatic carbocycles. The average molecular weight is 193 g/mol. The quantitative estimate of drug-likeness (QED) is 0.280. The van der Waals surface area contributed by atoms with Gasteiger partial charge in [0.25, 0.3) is 0 Å². The molecular weight excluding hydrogens is 184 g/mol. The zero-order chi connectivity index (χ0) is 6.95. The van der Waals surface area contributed by atoms with Crippen LogP contribution in [0.1, 0.15) is 0 Å². The fraction of sp³-hybridized carbons (Fsp3) is 0.667. The lowest BCUT2D eigenvalue weighted by atomic mass is 10.8. The Kier molecular flexibility index (Phi) is 7.92. The molecule has 0 heterocycles. The summed E-state index contributed by atoms with van der Waals surface area (Å²) in [6.07, 6.45) is 4.90. The standard InChI is InChI=1S/C6H9BrO2/c1-2-4-8-6-9-5-3-7/h1H,3-6H2. The van der Waals surface area contributed by atoms with Crippen LogP contribution in [0.15, 0.2) is 0 Å². The third kappa shape index (κ3) is 7.96. The van der Waals surface area contributed by atoms with Gasteiger partial charge >= 0.3 is 0 Å². The summed E-state index contributed by atoms with van der Waals surface area (Å²) >= 11 is 3.20. The summed E-state index contributed by atoms with van der Waals surface area (Å²) in [5.74, 6) is 2.33. The summed E-state index contributed by atoms with van der Waals surface area (Å²) in [6, 6.07) is 0. The van der Waals surface area contributed by atoms with Crippen LogP contribution in [0.2, 0.25) is 0 Å². The summed E-state index contributed by atoms with van der Waals surface area (Å²) in [4.78, 5) is 0. The first-order valence-electron chi connectivity index (χ1n) is 2.56. The number of alkyl halides is 1. The van der Waals surface area contributed by atoms with Gasteiger partial charge in [-0.25, -0.2) is 0 Å². The maximum Gasteiger partial charge on any atom is 0.148 e. The topological polar surface area (TPSA) is 18.5 Å². The SMILES string of the molecule is C#CCOCOCCBr. The summed E-state index contributed by atoms with van der Waals surface area (Å²) in [6.45, 7) is 1.27. The molecule has 0 atom stereocenters. The van der Waals surface area contributed by atoms with Crippen molar-refractivity contribution >= 4 is 15.9 Å². The molecule has 0 amide bonds. The van der Waals surface area contributed by atoms with Crippen molar-refractivity contribution in [3.8, 4) is 12.3 Å². The van der Waals surface area contributed by atoms with Gasteiger partial charge < -0.3 is 9.47 Å². The summed E-state index contributed by atoms with van der Waals surface area (Å²) in [5, 5.41) is 0.826. The first-order valence-corrected chi connectivity index (χ1v) is 3.69. The van der Waals surface area contributed by atoms with Gasteiger partial charge in [-0.05, 0) is 0 Å². The molecule has 0 saturated heterocycles. The van der Waals surface area contributed by atoms with Gasteiger partial charge in [0.05, 0.1) is 6.61 Å². The van der Waals surface area contributed by atoms with Crippen LogP contribution in [0.5, 0.6) is 0 Å². The van der Waals surface area contributed by atoms with E-state index in [9.17, 15) is 0 Å². The van der Waals surface area contributed by atoms with Gasteiger partial charge in [-0.1, -0.05) is 21.9 Å². The zero-order valence-electron chi connectivity index (χ0n) is 5.10. The Morgan fingerprint density at radius 3 is 2.78 bits per heavy atom. The minimum absolute atomic E-state index is 0.287. The van der Waals surface area contributed by atoms with Crippen LogP contribution in [0.4, 0.5) is 0 Å². The van der Waals surface area contributed by atoms with Gasteiger partial charge in [0.1, 0.15) is 13.4 Å². The van der Waals surface area contributed by atoms with Gasteiger partial charge in [0.15, 0.2) is 0 Å². The van der Waals surface area contributed by atoms with Crippen LogP contribution >= 0.6 is 15.9 Å². The molecule has 52 valence electrons. The molecular formula is C6H9BrO2. The second kappa shape index (κ2) is 7.96. The fourth-order valence-electron chi connectivity index (χ4n) is 0.273. The Labute approximate surface area is 63.7 Å². The minimum atomic E-state index is 0.287. The Bertz CT molecular complexity index is 87.5. The maximum absolute atomic E-state index is 4.92. The van der Waals surface area contributed by atoms with Crippen LogP contribution in [-0.2, 0) is 9.47 Å². The van der Waals surface area contributed by atoms with E-state index in [1.807, 2.05) is 0 Å². The van der Waals surface area contributed by atoms with Gasteiger partial charge in [-0.3, -0.25) is 0 Å². The van der Waals surface area contributed by atoms with E-state index in [1.54, 1.807) is 0 Å². The molecule has 3 heteroatoms. The fourth-order valence-corrected chi connectivity index (χ4v) is 0.502. The lowest BCUT2D eigenvalue weighted by molar-refractivity contribution is -0.0359. The molecule has 2 nitrogen and oxygen atoms in total. The van der Waals surface area contributed by atoms with Crippen molar-refractivity contribution in [3.63, 3.8) is 0 Å². The highest BCUT2D eigenvalue weighted by atomic mass is 79.9. The van der Waals surface area contributed by atoms with Gasteiger partial charge in [-0.2, -0.15) is 0 Å². The van der Waals surface area contributed by atoms with Crippen LogP contribution in [0, 0.1) is 12.3 Å². The third-order valence-corrected chi connectivity index (χ3v) is 0.897. The van der Waals surface area contributed by atoms with Crippen LogP contribution in [0.25, 0.3) is 0 Å². The van der Waals surface area contributed by atoms with E-state index < -0.39 is 0 Å². The van der Waals surface area contributed by atoms with Crippen molar-refractivity contribution in [2.45, 2.75) is 0 Å². The van der Waals surface area contributed by atoms with E-state index in [1.165, 1.54) is 0 Å². The molecule has 0 aromatic carbocycles. The van der Waals surface area contributed by atoms with Crippen molar-refractivity contribution in [2.24, 2.45) is 0 Å². The van der Waals surface area contributed by atoms with E-state index in [2.05, 4.69) is 21.9 Å². The number of hydrogen-bond acceptors (Lipinski definition) is 2.